The van der Waals surface area contributed by atoms with Gasteiger partial charge in [-0.2, -0.15) is 0 Å². The molecule has 6 heteroatoms. The number of benzene rings is 1. The molecule has 2 N–H and O–H groups in total. The summed E-state index contributed by atoms with van der Waals surface area (Å²) in [5.74, 6) is 0.0479. The summed E-state index contributed by atoms with van der Waals surface area (Å²) in [6, 6.07) is 6.54. The molecule has 0 aliphatic carbocycles. The number of carbonyl (C=O) groups excluding carboxylic acids is 1. The molecule has 1 aliphatic heterocycles. The number of piperazine rings is 1. The summed E-state index contributed by atoms with van der Waals surface area (Å²) >= 11 is 5.85. The van der Waals surface area contributed by atoms with Crippen LogP contribution in [0.3, 0.4) is 0 Å². The maximum atomic E-state index is 12.3. The number of hydrogen-bond acceptors (Lipinski definition) is 2. The predicted molar refractivity (Wildman–Crippen MR) is 85.1 cm³/mol. The highest BCUT2D eigenvalue weighted by molar-refractivity contribution is 6.30. The number of nitrogens with zero attached hydrogens (tertiary/aromatic N) is 1. The molecule has 0 spiro atoms. The van der Waals surface area contributed by atoms with Crippen molar-refractivity contribution in [1.29, 1.82) is 0 Å². The molecule has 1 aromatic carbocycles. The fourth-order valence-electron chi connectivity index (χ4n) is 2.76. The van der Waals surface area contributed by atoms with E-state index in [2.05, 4.69) is 5.32 Å². The zero-order chi connectivity index (χ0) is 16.3. The third-order valence-electron chi connectivity index (χ3n) is 3.78. The molecule has 1 saturated heterocycles. The minimum absolute atomic E-state index is 0.207. The van der Waals surface area contributed by atoms with E-state index in [1.807, 2.05) is 26.0 Å². The normalized spacial score (nSPS) is 21.8. The van der Waals surface area contributed by atoms with Crippen LogP contribution in [0.5, 0.6) is 0 Å². The lowest BCUT2D eigenvalue weighted by molar-refractivity contribution is -0.130. The summed E-state index contributed by atoms with van der Waals surface area (Å²) < 4.78 is 0. The van der Waals surface area contributed by atoms with Crippen molar-refractivity contribution in [2.45, 2.75) is 38.8 Å². The van der Waals surface area contributed by atoms with Gasteiger partial charge < -0.3 is 10.4 Å². The fourth-order valence-corrected chi connectivity index (χ4v) is 2.89. The first-order valence-electron chi connectivity index (χ1n) is 7.41. The molecular weight excluding hydrogens is 304 g/mol. The van der Waals surface area contributed by atoms with Gasteiger partial charge in [0.05, 0.1) is 6.04 Å². The van der Waals surface area contributed by atoms with E-state index < -0.39 is 12.1 Å². The molecule has 0 aromatic heterocycles. The Labute approximate surface area is 135 Å². The van der Waals surface area contributed by atoms with E-state index in [9.17, 15) is 14.7 Å². The molecular formula is C16H21ClN2O3. The van der Waals surface area contributed by atoms with Gasteiger partial charge in [-0.25, -0.2) is 4.79 Å². The van der Waals surface area contributed by atoms with Gasteiger partial charge in [0.15, 0.2) is 0 Å². The van der Waals surface area contributed by atoms with E-state index in [1.54, 1.807) is 12.1 Å². The summed E-state index contributed by atoms with van der Waals surface area (Å²) in [6.45, 7) is 4.27. The van der Waals surface area contributed by atoms with Crippen LogP contribution in [-0.4, -0.2) is 40.6 Å². The standard InChI is InChI=1S/C16H21ClN2O3/c1-10(2)7-14-15(20)18-13(9-19(14)16(21)22)8-11-3-5-12(17)6-4-11/h3-6,10,13-14H,7-9H2,1-2H3,(H,18,20)(H,21,22)/t13-,14-/m0/s1. The summed E-state index contributed by atoms with van der Waals surface area (Å²) in [6.07, 6.45) is 0.0778. The van der Waals surface area contributed by atoms with Gasteiger partial charge in [-0.3, -0.25) is 9.69 Å². The minimum atomic E-state index is -1.04. The molecule has 5 nitrogen and oxygen atoms in total. The third kappa shape index (κ3) is 4.13. The van der Waals surface area contributed by atoms with Gasteiger partial charge in [0.1, 0.15) is 6.04 Å². The average Bonchev–Trinajstić information content (AvgIpc) is 2.43. The van der Waals surface area contributed by atoms with Gasteiger partial charge in [-0.05, 0) is 36.5 Å². The lowest BCUT2D eigenvalue weighted by atomic mass is 9.96. The second-order valence-corrected chi connectivity index (χ2v) is 6.55. The van der Waals surface area contributed by atoms with Crippen LogP contribution in [0.25, 0.3) is 0 Å². The van der Waals surface area contributed by atoms with Crippen molar-refractivity contribution in [3.05, 3.63) is 34.9 Å². The maximum Gasteiger partial charge on any atom is 0.408 e. The summed E-state index contributed by atoms with van der Waals surface area (Å²) in [7, 11) is 0. The Hall–Kier alpha value is -1.75. The molecule has 120 valence electrons. The number of rotatable bonds is 4. The Morgan fingerprint density at radius 3 is 2.59 bits per heavy atom. The highest BCUT2D eigenvalue weighted by Gasteiger charge is 2.37. The molecule has 2 amide bonds. The molecule has 0 saturated carbocycles. The van der Waals surface area contributed by atoms with Gasteiger partial charge in [-0.1, -0.05) is 37.6 Å². The first-order chi connectivity index (χ1) is 10.4. The molecule has 1 heterocycles. The molecule has 2 rings (SSSR count). The second kappa shape index (κ2) is 7.01. The van der Waals surface area contributed by atoms with E-state index in [0.29, 0.717) is 24.4 Å². The zero-order valence-electron chi connectivity index (χ0n) is 12.8. The van der Waals surface area contributed by atoms with Crippen molar-refractivity contribution in [2.75, 3.05) is 6.54 Å². The van der Waals surface area contributed by atoms with Crippen LogP contribution in [0.2, 0.25) is 5.02 Å². The predicted octanol–water partition coefficient (Wildman–Crippen LogP) is 2.78. The van der Waals surface area contributed by atoms with E-state index in [1.165, 1.54) is 4.90 Å². The Kier molecular flexibility index (Phi) is 5.29. The molecule has 2 atom stereocenters. The number of carbonyl (C=O) groups is 2. The van der Waals surface area contributed by atoms with Crippen LogP contribution in [0.15, 0.2) is 24.3 Å². The van der Waals surface area contributed by atoms with Crippen molar-refractivity contribution < 1.29 is 14.7 Å². The molecule has 22 heavy (non-hydrogen) atoms. The van der Waals surface area contributed by atoms with Crippen LogP contribution in [0, 0.1) is 5.92 Å². The first-order valence-corrected chi connectivity index (χ1v) is 7.79. The zero-order valence-corrected chi connectivity index (χ0v) is 13.5. The smallest absolute Gasteiger partial charge is 0.408 e. The van der Waals surface area contributed by atoms with E-state index >= 15 is 0 Å². The van der Waals surface area contributed by atoms with Gasteiger partial charge in [0.2, 0.25) is 5.91 Å². The molecule has 0 unspecified atom stereocenters. The van der Waals surface area contributed by atoms with Crippen molar-refractivity contribution >= 4 is 23.6 Å². The number of hydrogen-bond donors (Lipinski definition) is 2. The molecule has 1 aliphatic rings. The minimum Gasteiger partial charge on any atom is -0.465 e. The third-order valence-corrected chi connectivity index (χ3v) is 4.03. The van der Waals surface area contributed by atoms with E-state index in [-0.39, 0.29) is 17.9 Å². The lowest BCUT2D eigenvalue weighted by Gasteiger charge is -2.38. The summed E-state index contributed by atoms with van der Waals surface area (Å²) in [5.41, 5.74) is 1.02. The first kappa shape index (κ1) is 16.6. The fraction of sp³-hybridized carbons (Fsp3) is 0.500. The van der Waals surface area contributed by atoms with Crippen LogP contribution < -0.4 is 5.32 Å². The monoisotopic (exact) mass is 324 g/mol. The Morgan fingerprint density at radius 1 is 1.41 bits per heavy atom. The van der Waals surface area contributed by atoms with Gasteiger partial charge in [0, 0.05) is 11.6 Å². The quantitative estimate of drug-likeness (QED) is 0.894. The Balaban J connectivity index is 2.08. The number of carboxylic acid groups (broad SMARTS) is 1. The van der Waals surface area contributed by atoms with Gasteiger partial charge in [-0.15, -0.1) is 0 Å². The average molecular weight is 325 g/mol. The van der Waals surface area contributed by atoms with Crippen LogP contribution in [0.4, 0.5) is 4.79 Å². The highest BCUT2D eigenvalue weighted by atomic mass is 35.5. The van der Waals surface area contributed by atoms with Crippen LogP contribution in [0.1, 0.15) is 25.8 Å². The van der Waals surface area contributed by atoms with Crippen molar-refractivity contribution in [2.24, 2.45) is 5.92 Å². The highest BCUT2D eigenvalue weighted by Crippen LogP contribution is 2.19. The molecule has 1 fully saturated rings. The second-order valence-electron chi connectivity index (χ2n) is 6.12. The topological polar surface area (TPSA) is 69.6 Å². The molecule has 0 bridgehead atoms. The van der Waals surface area contributed by atoms with Crippen molar-refractivity contribution in [3.8, 4) is 0 Å². The lowest BCUT2D eigenvalue weighted by Crippen LogP contribution is -2.62. The largest absolute Gasteiger partial charge is 0.465 e. The van der Waals surface area contributed by atoms with Crippen LogP contribution >= 0.6 is 11.6 Å². The van der Waals surface area contributed by atoms with Gasteiger partial charge in [0.25, 0.3) is 0 Å². The summed E-state index contributed by atoms with van der Waals surface area (Å²) in [4.78, 5) is 25.0. The van der Waals surface area contributed by atoms with E-state index in [4.69, 9.17) is 11.6 Å². The number of halogens is 1. The number of amides is 2. The summed E-state index contributed by atoms with van der Waals surface area (Å²) in [5, 5.41) is 13.0. The SMILES string of the molecule is CC(C)C[C@H]1C(=O)N[C@@H](Cc2ccc(Cl)cc2)CN1C(=O)O. The number of nitrogens with one attached hydrogen (secondary N) is 1. The van der Waals surface area contributed by atoms with Crippen molar-refractivity contribution in [1.82, 2.24) is 10.2 Å². The molecule has 0 radical (unpaired) electrons. The van der Waals surface area contributed by atoms with E-state index in [0.717, 1.165) is 5.56 Å². The Bertz CT molecular complexity index is 545. The van der Waals surface area contributed by atoms with Gasteiger partial charge >= 0.3 is 6.09 Å². The Morgan fingerprint density at radius 2 is 2.05 bits per heavy atom. The van der Waals surface area contributed by atoms with Crippen LogP contribution in [-0.2, 0) is 11.2 Å². The molecule has 1 aromatic rings. The van der Waals surface area contributed by atoms with Crippen molar-refractivity contribution in [3.63, 3.8) is 0 Å². The maximum absolute atomic E-state index is 12.3.